The van der Waals surface area contributed by atoms with Gasteiger partial charge in [0.25, 0.3) is 0 Å². The van der Waals surface area contributed by atoms with Gasteiger partial charge in [-0.2, -0.15) is 5.10 Å². The Hall–Kier alpha value is -4.99. The Bertz CT molecular complexity index is 1840. The van der Waals surface area contributed by atoms with Crippen molar-refractivity contribution in [1.82, 2.24) is 35.1 Å². The Labute approximate surface area is 223 Å². The van der Waals surface area contributed by atoms with Gasteiger partial charge in [0.1, 0.15) is 16.7 Å². The molecule has 0 aliphatic heterocycles. The van der Waals surface area contributed by atoms with Gasteiger partial charge in [0.15, 0.2) is 11.6 Å². The summed E-state index contributed by atoms with van der Waals surface area (Å²) in [4.78, 5) is 33.4. The van der Waals surface area contributed by atoms with Crippen LogP contribution in [-0.4, -0.2) is 41.0 Å². The molecule has 0 aliphatic rings. The Morgan fingerprint density at radius 2 is 1.77 bits per heavy atom. The third kappa shape index (κ3) is 4.84. The zero-order valence-corrected chi connectivity index (χ0v) is 21.6. The summed E-state index contributed by atoms with van der Waals surface area (Å²) in [6, 6.07) is 10.6. The Kier molecular flexibility index (Phi) is 5.86. The molecule has 0 saturated carbocycles. The lowest BCUT2D eigenvalue weighted by Crippen LogP contribution is -2.19. The van der Waals surface area contributed by atoms with E-state index in [-0.39, 0.29) is 16.8 Å². The highest BCUT2D eigenvalue weighted by atomic mass is 19.1. The summed E-state index contributed by atoms with van der Waals surface area (Å²) in [6.07, 6.45) is 8.69. The van der Waals surface area contributed by atoms with E-state index in [9.17, 15) is 4.79 Å². The fourth-order valence-corrected chi connectivity index (χ4v) is 4.55. The van der Waals surface area contributed by atoms with Crippen molar-refractivity contribution in [2.24, 2.45) is 5.41 Å². The number of aromatic amines is 2. The summed E-state index contributed by atoms with van der Waals surface area (Å²) >= 11 is 0. The third-order valence-electron chi connectivity index (χ3n) is 6.25. The largest absolute Gasteiger partial charge is 0.337 e. The molecule has 0 fully saturated rings. The average molecular weight is 521 g/mol. The maximum Gasteiger partial charge on any atom is 0.224 e. The molecule has 3 N–H and O–H groups in total. The number of hydrogen-bond donors (Lipinski definition) is 3. The number of anilines is 1. The molecule has 0 saturated heterocycles. The first-order valence-electron chi connectivity index (χ1n) is 12.4. The monoisotopic (exact) mass is 520 g/mol. The fourth-order valence-electron chi connectivity index (χ4n) is 4.55. The highest BCUT2D eigenvalue weighted by Gasteiger charge is 2.19. The van der Waals surface area contributed by atoms with Crippen LogP contribution < -0.4 is 5.32 Å². The van der Waals surface area contributed by atoms with Crippen molar-refractivity contribution in [1.29, 1.82) is 0 Å². The number of pyridine rings is 3. The molecule has 0 spiro atoms. The highest BCUT2D eigenvalue weighted by molar-refractivity contribution is 5.98. The first-order chi connectivity index (χ1) is 18.7. The molecule has 1 amide bonds. The van der Waals surface area contributed by atoms with Crippen molar-refractivity contribution in [3.05, 3.63) is 73.2 Å². The number of halogens is 1. The number of fused-ring (bicyclic) bond motifs is 2. The van der Waals surface area contributed by atoms with Crippen molar-refractivity contribution in [2.75, 3.05) is 5.32 Å². The van der Waals surface area contributed by atoms with Crippen LogP contribution in [0.2, 0.25) is 0 Å². The number of carbonyl (C=O) groups is 1. The zero-order chi connectivity index (χ0) is 27.1. The molecule has 5 heterocycles. The standard InChI is InChI=1S/C29H25FN8O/c1-29(2,3)13-23(39)34-19-10-18(14-32-15-19)17-11-20-25(21(30)12-17)37-38-26(20)28-35-22-6-9-33-24(27(22)36-28)16-4-7-31-8-5-16/h4-12,14-15H,13H2,1-3H3,(H,34,39)(H,35,36)(H,37,38). The smallest absolute Gasteiger partial charge is 0.224 e. The highest BCUT2D eigenvalue weighted by Crippen LogP contribution is 2.34. The molecule has 1 aromatic carbocycles. The van der Waals surface area contributed by atoms with Gasteiger partial charge in [-0.15, -0.1) is 0 Å². The third-order valence-corrected chi connectivity index (χ3v) is 6.25. The van der Waals surface area contributed by atoms with Gasteiger partial charge in [0, 0.05) is 47.7 Å². The van der Waals surface area contributed by atoms with E-state index in [4.69, 9.17) is 4.98 Å². The van der Waals surface area contributed by atoms with Crippen LogP contribution in [0.5, 0.6) is 0 Å². The molecule has 0 atom stereocenters. The van der Waals surface area contributed by atoms with E-state index in [2.05, 4.69) is 35.5 Å². The van der Waals surface area contributed by atoms with Crippen LogP contribution in [0.3, 0.4) is 0 Å². The van der Waals surface area contributed by atoms with Crippen LogP contribution in [0.25, 0.3) is 55.8 Å². The summed E-state index contributed by atoms with van der Waals surface area (Å²) in [5.74, 6) is -0.0817. The van der Waals surface area contributed by atoms with E-state index in [1.165, 1.54) is 6.07 Å². The average Bonchev–Trinajstić information content (AvgIpc) is 3.52. The maximum atomic E-state index is 15.2. The minimum atomic E-state index is -0.484. The Balaban J connectivity index is 1.40. The van der Waals surface area contributed by atoms with Crippen molar-refractivity contribution in [3.63, 3.8) is 0 Å². The first kappa shape index (κ1) is 24.4. The SMILES string of the molecule is CC(C)(C)CC(=O)Nc1cncc(-c2cc(F)c3n[nH]c(-c4nc5c(-c6ccncc6)nccc5[nH]4)c3c2)c1. The molecule has 0 radical (unpaired) electrons. The van der Waals surface area contributed by atoms with Gasteiger partial charge in [0.2, 0.25) is 5.91 Å². The lowest BCUT2D eigenvalue weighted by molar-refractivity contribution is -0.117. The van der Waals surface area contributed by atoms with Crippen LogP contribution in [0.1, 0.15) is 27.2 Å². The number of amides is 1. The zero-order valence-electron chi connectivity index (χ0n) is 21.6. The summed E-state index contributed by atoms with van der Waals surface area (Å²) in [7, 11) is 0. The summed E-state index contributed by atoms with van der Waals surface area (Å²) < 4.78 is 15.2. The summed E-state index contributed by atoms with van der Waals surface area (Å²) in [6.45, 7) is 6.00. The number of hydrogen-bond acceptors (Lipinski definition) is 6. The number of carbonyl (C=O) groups excluding carboxylic acids is 1. The molecule has 0 bridgehead atoms. The van der Waals surface area contributed by atoms with Gasteiger partial charge in [0.05, 0.1) is 23.1 Å². The Morgan fingerprint density at radius 3 is 2.56 bits per heavy atom. The van der Waals surface area contributed by atoms with Gasteiger partial charge in [-0.3, -0.25) is 24.8 Å². The Morgan fingerprint density at radius 1 is 0.949 bits per heavy atom. The minimum Gasteiger partial charge on any atom is -0.337 e. The van der Waals surface area contributed by atoms with Gasteiger partial charge < -0.3 is 10.3 Å². The van der Waals surface area contributed by atoms with Crippen LogP contribution in [0.15, 0.2) is 67.4 Å². The predicted molar refractivity (Wildman–Crippen MR) is 148 cm³/mol. The molecule has 9 nitrogen and oxygen atoms in total. The van der Waals surface area contributed by atoms with E-state index < -0.39 is 5.82 Å². The summed E-state index contributed by atoms with van der Waals surface area (Å²) in [5.41, 5.74) is 5.46. The maximum absolute atomic E-state index is 15.2. The predicted octanol–water partition coefficient (Wildman–Crippen LogP) is 6.14. The lowest BCUT2D eigenvalue weighted by Gasteiger charge is -2.17. The molecular weight excluding hydrogens is 495 g/mol. The normalized spacial score (nSPS) is 11.8. The number of aromatic nitrogens is 7. The van der Waals surface area contributed by atoms with E-state index in [0.717, 1.165) is 11.1 Å². The molecule has 5 aromatic heterocycles. The van der Waals surface area contributed by atoms with Gasteiger partial charge in [-0.05, 0) is 47.4 Å². The number of imidazole rings is 1. The number of rotatable bonds is 5. The van der Waals surface area contributed by atoms with Crippen LogP contribution >= 0.6 is 0 Å². The second-order valence-corrected chi connectivity index (χ2v) is 10.6. The van der Waals surface area contributed by atoms with Crippen LogP contribution in [0, 0.1) is 11.2 Å². The molecule has 6 rings (SSSR count). The molecule has 194 valence electrons. The topological polar surface area (TPSA) is 125 Å². The van der Waals surface area contributed by atoms with Crippen molar-refractivity contribution >= 4 is 33.5 Å². The first-order valence-corrected chi connectivity index (χ1v) is 12.4. The second-order valence-electron chi connectivity index (χ2n) is 10.6. The van der Waals surface area contributed by atoms with E-state index in [1.807, 2.05) is 45.0 Å². The molecule has 10 heteroatoms. The van der Waals surface area contributed by atoms with Crippen LogP contribution in [-0.2, 0) is 4.79 Å². The van der Waals surface area contributed by atoms with Gasteiger partial charge >= 0.3 is 0 Å². The van der Waals surface area contributed by atoms with E-state index in [0.29, 0.717) is 51.4 Å². The number of nitrogens with zero attached hydrogens (tertiary/aromatic N) is 5. The van der Waals surface area contributed by atoms with E-state index in [1.54, 1.807) is 37.1 Å². The quantitative estimate of drug-likeness (QED) is 0.251. The van der Waals surface area contributed by atoms with Crippen molar-refractivity contribution < 1.29 is 9.18 Å². The molecule has 39 heavy (non-hydrogen) atoms. The van der Waals surface area contributed by atoms with Crippen molar-refractivity contribution in [3.8, 4) is 33.9 Å². The number of H-pyrrole nitrogens is 2. The van der Waals surface area contributed by atoms with Gasteiger partial charge in [-0.1, -0.05) is 20.8 Å². The molecular formula is C29H25FN8O. The molecule has 0 aliphatic carbocycles. The molecule has 6 aromatic rings. The second kappa shape index (κ2) is 9.39. The lowest BCUT2D eigenvalue weighted by atomic mass is 9.92. The number of benzene rings is 1. The fraction of sp³-hybridized carbons (Fsp3) is 0.172. The van der Waals surface area contributed by atoms with Crippen molar-refractivity contribution in [2.45, 2.75) is 27.2 Å². The number of nitrogens with one attached hydrogen (secondary N) is 3. The van der Waals surface area contributed by atoms with Gasteiger partial charge in [-0.25, -0.2) is 9.37 Å². The summed E-state index contributed by atoms with van der Waals surface area (Å²) in [5, 5.41) is 10.6. The minimum absolute atomic E-state index is 0.106. The van der Waals surface area contributed by atoms with Crippen LogP contribution in [0.4, 0.5) is 10.1 Å². The molecule has 0 unspecified atom stereocenters. The van der Waals surface area contributed by atoms with E-state index >= 15 is 4.39 Å².